The normalized spacial score (nSPS) is 13.6. The lowest BCUT2D eigenvalue weighted by Crippen LogP contribution is -2.12. The van der Waals surface area contributed by atoms with Crippen molar-refractivity contribution in [1.82, 2.24) is 9.97 Å². The number of carbonyl (C=O) groups is 2. The van der Waals surface area contributed by atoms with E-state index in [9.17, 15) is 9.59 Å². The molecule has 7 heteroatoms. The molecule has 2 heterocycles. The summed E-state index contributed by atoms with van der Waals surface area (Å²) < 4.78 is 5.05. The number of aromatic nitrogens is 2. The largest absolute Gasteiger partial charge is 0.462 e. The molecule has 0 unspecified atom stereocenters. The number of nitrogens with zero attached hydrogens (tertiary/aromatic N) is 2. The zero-order valence-corrected chi connectivity index (χ0v) is 15.0. The van der Waals surface area contributed by atoms with Crippen molar-refractivity contribution in [2.24, 2.45) is 5.92 Å². The summed E-state index contributed by atoms with van der Waals surface area (Å²) in [4.78, 5) is 33.5. The fraction of sp³-hybridized carbons (Fsp3) is 0.263. The fourth-order valence-electron chi connectivity index (χ4n) is 2.63. The average Bonchev–Trinajstić information content (AvgIpc) is 3.42. The number of hydrogen-bond donors (Lipinski definition) is 1. The van der Waals surface area contributed by atoms with Gasteiger partial charge in [-0.15, -0.1) is 0 Å². The first-order valence-corrected chi connectivity index (χ1v) is 9.30. The van der Waals surface area contributed by atoms with Crippen LogP contribution in [0.4, 0.5) is 5.13 Å². The quantitative estimate of drug-likeness (QED) is 0.692. The second-order valence-electron chi connectivity index (χ2n) is 6.13. The molecular weight excluding hydrogens is 350 g/mol. The van der Waals surface area contributed by atoms with Crippen molar-refractivity contribution in [2.75, 3.05) is 11.9 Å². The summed E-state index contributed by atoms with van der Waals surface area (Å²) in [6.45, 7) is 2.12. The molecule has 1 aliphatic carbocycles. The third-order valence-corrected chi connectivity index (χ3v) is 5.03. The molecule has 0 aliphatic heterocycles. The molecule has 0 bridgehead atoms. The highest BCUT2D eigenvalue weighted by Gasteiger charge is 2.30. The van der Waals surface area contributed by atoms with E-state index < -0.39 is 0 Å². The van der Waals surface area contributed by atoms with E-state index in [4.69, 9.17) is 4.74 Å². The van der Waals surface area contributed by atoms with Gasteiger partial charge in [0.15, 0.2) is 5.13 Å². The minimum atomic E-state index is -0.345. The lowest BCUT2D eigenvalue weighted by molar-refractivity contribution is -0.117. The first kappa shape index (κ1) is 16.7. The summed E-state index contributed by atoms with van der Waals surface area (Å²) in [6.07, 6.45) is 3.66. The summed E-state index contributed by atoms with van der Waals surface area (Å²) in [6, 6.07) is 9.14. The van der Waals surface area contributed by atoms with Gasteiger partial charge in [0.1, 0.15) is 10.3 Å². The van der Waals surface area contributed by atoms with E-state index in [0.717, 1.165) is 34.3 Å². The number of benzene rings is 1. The molecule has 132 valence electrons. The number of amides is 1. The second kappa shape index (κ2) is 6.84. The Bertz CT molecular complexity index is 995. The van der Waals surface area contributed by atoms with E-state index >= 15 is 0 Å². The SMILES string of the molecule is CCOC(=O)c1cccc(-c2cnc3sc(NC(=O)C4CC4)nc3c2)c1. The van der Waals surface area contributed by atoms with Gasteiger partial charge in [0.2, 0.25) is 5.91 Å². The maximum atomic E-state index is 11.9. The predicted molar refractivity (Wildman–Crippen MR) is 100 cm³/mol. The molecule has 1 amide bonds. The number of thiazole rings is 1. The van der Waals surface area contributed by atoms with Crippen LogP contribution >= 0.6 is 11.3 Å². The minimum absolute atomic E-state index is 0.0337. The van der Waals surface area contributed by atoms with Crippen molar-refractivity contribution in [3.63, 3.8) is 0 Å². The Morgan fingerprint density at radius 1 is 1.27 bits per heavy atom. The van der Waals surface area contributed by atoms with Crippen LogP contribution in [-0.2, 0) is 9.53 Å². The van der Waals surface area contributed by atoms with Crippen molar-refractivity contribution >= 4 is 38.7 Å². The van der Waals surface area contributed by atoms with E-state index in [1.54, 1.807) is 25.3 Å². The van der Waals surface area contributed by atoms with Crippen LogP contribution in [0.15, 0.2) is 36.5 Å². The molecule has 1 aromatic carbocycles. The Labute approximate surface area is 154 Å². The number of anilines is 1. The Hall–Kier alpha value is -2.80. The van der Waals surface area contributed by atoms with Crippen molar-refractivity contribution in [3.05, 3.63) is 42.1 Å². The van der Waals surface area contributed by atoms with Crippen LogP contribution in [0.25, 0.3) is 21.5 Å². The lowest BCUT2D eigenvalue weighted by Gasteiger charge is -2.05. The smallest absolute Gasteiger partial charge is 0.338 e. The standard InChI is InChI=1S/C19H17N3O3S/c1-2-25-18(24)13-5-3-4-12(8-13)14-9-15-17(20-10-14)26-19(21-15)22-16(23)11-6-7-11/h3-5,8-11H,2,6-7H2,1H3,(H,21,22,23). The van der Waals surface area contributed by atoms with Crippen LogP contribution < -0.4 is 5.32 Å². The Balaban J connectivity index is 1.61. The number of ether oxygens (including phenoxy) is 1. The third-order valence-electron chi connectivity index (χ3n) is 4.13. The third kappa shape index (κ3) is 3.43. The van der Waals surface area contributed by atoms with Gasteiger partial charge in [0.25, 0.3) is 0 Å². The number of nitrogens with one attached hydrogen (secondary N) is 1. The van der Waals surface area contributed by atoms with Crippen molar-refractivity contribution in [2.45, 2.75) is 19.8 Å². The number of rotatable bonds is 5. The number of carbonyl (C=O) groups excluding carboxylic acids is 2. The molecule has 26 heavy (non-hydrogen) atoms. The summed E-state index contributed by atoms with van der Waals surface area (Å²) >= 11 is 1.36. The summed E-state index contributed by atoms with van der Waals surface area (Å²) in [7, 11) is 0. The van der Waals surface area contributed by atoms with Gasteiger partial charge in [-0.05, 0) is 43.5 Å². The van der Waals surface area contributed by atoms with Gasteiger partial charge in [0.05, 0.1) is 12.2 Å². The molecule has 4 rings (SSSR count). The molecule has 3 aromatic rings. The maximum absolute atomic E-state index is 11.9. The summed E-state index contributed by atoms with van der Waals surface area (Å²) in [5, 5.41) is 3.43. The summed E-state index contributed by atoms with van der Waals surface area (Å²) in [5.41, 5.74) is 2.94. The summed E-state index contributed by atoms with van der Waals surface area (Å²) in [5.74, 6) is -0.176. The van der Waals surface area contributed by atoms with Crippen LogP contribution in [0.3, 0.4) is 0 Å². The van der Waals surface area contributed by atoms with Crippen molar-refractivity contribution in [3.8, 4) is 11.1 Å². The van der Waals surface area contributed by atoms with Crippen LogP contribution in [-0.4, -0.2) is 28.5 Å². The Morgan fingerprint density at radius 2 is 2.12 bits per heavy atom. The predicted octanol–water partition coefficient (Wildman–Crippen LogP) is 3.88. The molecule has 6 nitrogen and oxygen atoms in total. The Morgan fingerprint density at radius 3 is 2.88 bits per heavy atom. The molecule has 1 fully saturated rings. The van der Waals surface area contributed by atoms with Gasteiger partial charge in [-0.25, -0.2) is 14.8 Å². The highest BCUT2D eigenvalue weighted by atomic mass is 32.1. The number of hydrogen-bond acceptors (Lipinski definition) is 6. The van der Waals surface area contributed by atoms with Crippen molar-refractivity contribution in [1.29, 1.82) is 0 Å². The monoisotopic (exact) mass is 367 g/mol. The van der Waals surface area contributed by atoms with Gasteiger partial charge in [-0.2, -0.15) is 0 Å². The van der Waals surface area contributed by atoms with Crippen LogP contribution in [0.5, 0.6) is 0 Å². The van der Waals surface area contributed by atoms with Gasteiger partial charge < -0.3 is 10.1 Å². The number of pyridine rings is 1. The van der Waals surface area contributed by atoms with Crippen LogP contribution in [0.1, 0.15) is 30.1 Å². The second-order valence-corrected chi connectivity index (χ2v) is 7.11. The fourth-order valence-corrected chi connectivity index (χ4v) is 3.42. The van der Waals surface area contributed by atoms with Gasteiger partial charge in [-0.3, -0.25) is 4.79 Å². The van der Waals surface area contributed by atoms with Crippen molar-refractivity contribution < 1.29 is 14.3 Å². The van der Waals surface area contributed by atoms with Gasteiger partial charge in [-0.1, -0.05) is 23.5 Å². The molecule has 1 aliphatic rings. The number of fused-ring (bicyclic) bond motifs is 1. The molecule has 0 saturated heterocycles. The molecule has 2 aromatic heterocycles. The topological polar surface area (TPSA) is 81.2 Å². The highest BCUT2D eigenvalue weighted by Crippen LogP contribution is 2.32. The first-order chi connectivity index (χ1) is 12.6. The molecule has 1 saturated carbocycles. The zero-order chi connectivity index (χ0) is 18.1. The molecule has 0 atom stereocenters. The average molecular weight is 367 g/mol. The molecule has 1 N–H and O–H groups in total. The maximum Gasteiger partial charge on any atom is 0.338 e. The highest BCUT2D eigenvalue weighted by molar-refractivity contribution is 7.21. The zero-order valence-electron chi connectivity index (χ0n) is 14.2. The Kier molecular flexibility index (Phi) is 4.38. The van der Waals surface area contributed by atoms with E-state index in [2.05, 4.69) is 15.3 Å². The van der Waals surface area contributed by atoms with Crippen LogP contribution in [0.2, 0.25) is 0 Å². The molecule has 0 spiro atoms. The lowest BCUT2D eigenvalue weighted by atomic mass is 10.0. The molecular formula is C19H17N3O3S. The van der Waals surface area contributed by atoms with Gasteiger partial charge in [0, 0.05) is 17.7 Å². The van der Waals surface area contributed by atoms with Crippen LogP contribution in [0, 0.1) is 5.92 Å². The van der Waals surface area contributed by atoms with E-state index in [1.165, 1.54) is 11.3 Å². The van der Waals surface area contributed by atoms with E-state index in [0.29, 0.717) is 17.3 Å². The molecule has 0 radical (unpaired) electrons. The van der Waals surface area contributed by atoms with E-state index in [-0.39, 0.29) is 17.8 Å². The van der Waals surface area contributed by atoms with Gasteiger partial charge >= 0.3 is 5.97 Å². The van der Waals surface area contributed by atoms with E-state index in [1.807, 2.05) is 18.2 Å². The first-order valence-electron chi connectivity index (χ1n) is 8.49. The number of esters is 1. The minimum Gasteiger partial charge on any atom is -0.462 e.